The largest absolute Gasteiger partial charge is 0.462 e. The minimum atomic E-state index is -0.763. The zero-order valence-electron chi connectivity index (χ0n) is 34.1. The van der Waals surface area contributed by atoms with E-state index in [9.17, 15) is 14.7 Å². The van der Waals surface area contributed by atoms with Gasteiger partial charge in [-0.15, -0.1) is 0 Å². The fraction of sp³-hybridized carbons (Fsp3) is 0.956. The molecule has 0 rings (SSSR count). The van der Waals surface area contributed by atoms with Crippen LogP contribution in [0.2, 0.25) is 0 Å². The van der Waals surface area contributed by atoms with Crippen molar-refractivity contribution in [3.8, 4) is 0 Å². The van der Waals surface area contributed by atoms with Gasteiger partial charge >= 0.3 is 11.9 Å². The Bertz CT molecular complexity index is 693. The van der Waals surface area contributed by atoms with Crippen molar-refractivity contribution in [3.05, 3.63) is 0 Å². The number of carbonyl (C=O) groups is 2. The number of hydrogen-bond acceptors (Lipinski definition) is 5. The highest BCUT2D eigenvalue weighted by Crippen LogP contribution is 2.17. The van der Waals surface area contributed by atoms with Crippen molar-refractivity contribution in [2.24, 2.45) is 5.92 Å². The molecule has 0 aromatic rings. The zero-order valence-corrected chi connectivity index (χ0v) is 34.1. The third kappa shape index (κ3) is 39.7. The Kier molecular flexibility index (Phi) is 39.8. The molecule has 0 bridgehead atoms. The fourth-order valence-corrected chi connectivity index (χ4v) is 6.92. The van der Waals surface area contributed by atoms with E-state index in [1.165, 1.54) is 186 Å². The Morgan fingerprint density at radius 3 is 1.06 bits per heavy atom. The van der Waals surface area contributed by atoms with Crippen molar-refractivity contribution in [2.75, 3.05) is 13.2 Å². The smallest absolute Gasteiger partial charge is 0.306 e. The molecule has 0 aliphatic carbocycles. The first kappa shape index (κ1) is 48.9. The number of esters is 2. The van der Waals surface area contributed by atoms with Crippen LogP contribution in [-0.4, -0.2) is 36.4 Å². The molecule has 0 heterocycles. The van der Waals surface area contributed by atoms with Crippen LogP contribution in [0.15, 0.2) is 0 Å². The first-order valence-corrected chi connectivity index (χ1v) is 22.5. The van der Waals surface area contributed by atoms with Crippen LogP contribution in [0.25, 0.3) is 0 Å². The highest BCUT2D eigenvalue weighted by atomic mass is 16.6. The number of carbonyl (C=O) groups excluding carboxylic acids is 2. The summed E-state index contributed by atoms with van der Waals surface area (Å²) in [5, 5.41) is 9.59. The number of ether oxygens (including phenoxy) is 2. The van der Waals surface area contributed by atoms with Gasteiger partial charge < -0.3 is 14.6 Å². The SMILES string of the molecule is CCCCCCCCCCCCCCCCCCCCCC(=O)O[C@@H](CO)COC(=O)CCCCCCCCCCCCCCCCC(C)C. The molecule has 0 aromatic heterocycles. The second-order valence-corrected chi connectivity index (χ2v) is 16.0. The third-order valence-electron chi connectivity index (χ3n) is 10.3. The summed E-state index contributed by atoms with van der Waals surface area (Å²) in [6.07, 6.45) is 44.6. The average molecular weight is 709 g/mol. The van der Waals surface area contributed by atoms with Crippen molar-refractivity contribution in [2.45, 2.75) is 258 Å². The molecular weight excluding hydrogens is 620 g/mol. The molecule has 0 amide bonds. The summed E-state index contributed by atoms with van der Waals surface area (Å²) >= 11 is 0. The normalized spacial score (nSPS) is 12.1. The molecule has 0 fully saturated rings. The van der Waals surface area contributed by atoms with E-state index < -0.39 is 6.10 Å². The van der Waals surface area contributed by atoms with Gasteiger partial charge in [0, 0.05) is 12.8 Å². The fourth-order valence-electron chi connectivity index (χ4n) is 6.92. The van der Waals surface area contributed by atoms with Crippen LogP contribution < -0.4 is 0 Å². The summed E-state index contributed by atoms with van der Waals surface area (Å²) in [6, 6.07) is 0. The van der Waals surface area contributed by atoms with Gasteiger partial charge in [-0.3, -0.25) is 9.59 Å². The standard InChI is InChI=1S/C45H88O5/c1-4-5-6-7-8-9-10-11-12-13-14-15-16-21-24-27-30-33-36-39-45(48)50-43(40-46)41-49-44(47)38-35-32-29-26-23-20-18-17-19-22-25-28-31-34-37-42(2)3/h42-43,46H,4-41H2,1-3H3/t43-/m0/s1. The summed E-state index contributed by atoms with van der Waals surface area (Å²) in [6.45, 7) is 6.54. The molecule has 1 N–H and O–H groups in total. The van der Waals surface area contributed by atoms with Crippen molar-refractivity contribution >= 4 is 11.9 Å². The molecule has 0 aromatic carbocycles. The summed E-state index contributed by atoms with van der Waals surface area (Å²) < 4.78 is 10.7. The molecule has 298 valence electrons. The molecule has 0 aliphatic rings. The summed E-state index contributed by atoms with van der Waals surface area (Å²) in [7, 11) is 0. The quantitative estimate of drug-likeness (QED) is 0.0505. The third-order valence-corrected chi connectivity index (χ3v) is 10.3. The lowest BCUT2D eigenvalue weighted by Gasteiger charge is -2.15. The predicted molar refractivity (Wildman–Crippen MR) is 215 cm³/mol. The Balaban J connectivity index is 3.46. The van der Waals surface area contributed by atoms with Gasteiger partial charge in [-0.2, -0.15) is 0 Å². The Morgan fingerprint density at radius 2 is 0.740 bits per heavy atom. The number of aliphatic hydroxyl groups is 1. The maximum Gasteiger partial charge on any atom is 0.306 e. The summed E-state index contributed by atoms with van der Waals surface area (Å²) in [4.78, 5) is 24.3. The number of rotatable bonds is 41. The average Bonchev–Trinajstić information content (AvgIpc) is 3.10. The molecule has 0 saturated heterocycles. The van der Waals surface area contributed by atoms with Gasteiger partial charge in [0.05, 0.1) is 6.61 Å². The monoisotopic (exact) mass is 709 g/mol. The first-order valence-electron chi connectivity index (χ1n) is 22.5. The van der Waals surface area contributed by atoms with Gasteiger partial charge in [0.25, 0.3) is 0 Å². The van der Waals surface area contributed by atoms with E-state index in [2.05, 4.69) is 20.8 Å². The first-order chi connectivity index (χ1) is 24.5. The highest BCUT2D eigenvalue weighted by molar-refractivity contribution is 5.70. The van der Waals surface area contributed by atoms with Crippen molar-refractivity contribution in [3.63, 3.8) is 0 Å². The van der Waals surface area contributed by atoms with Crippen molar-refractivity contribution in [1.82, 2.24) is 0 Å². The van der Waals surface area contributed by atoms with E-state index in [1.807, 2.05) is 0 Å². The van der Waals surface area contributed by atoms with Crippen molar-refractivity contribution in [1.29, 1.82) is 0 Å². The molecule has 0 radical (unpaired) electrons. The zero-order chi connectivity index (χ0) is 36.6. The lowest BCUT2D eigenvalue weighted by Crippen LogP contribution is -2.28. The maximum absolute atomic E-state index is 12.2. The van der Waals surface area contributed by atoms with E-state index in [1.54, 1.807) is 0 Å². The van der Waals surface area contributed by atoms with Crippen LogP contribution in [0.3, 0.4) is 0 Å². The number of unbranched alkanes of at least 4 members (excludes halogenated alkanes) is 31. The van der Waals surface area contributed by atoms with Gasteiger partial charge in [0.1, 0.15) is 6.61 Å². The summed E-state index contributed by atoms with van der Waals surface area (Å²) in [5.74, 6) is 0.280. The van der Waals surface area contributed by atoms with Crippen LogP contribution in [0.4, 0.5) is 0 Å². The van der Waals surface area contributed by atoms with E-state index in [0.29, 0.717) is 12.8 Å². The Morgan fingerprint density at radius 1 is 0.440 bits per heavy atom. The van der Waals surface area contributed by atoms with E-state index in [4.69, 9.17) is 9.47 Å². The van der Waals surface area contributed by atoms with Gasteiger partial charge in [0.2, 0.25) is 0 Å². The molecule has 50 heavy (non-hydrogen) atoms. The molecule has 5 nitrogen and oxygen atoms in total. The van der Waals surface area contributed by atoms with Gasteiger partial charge in [-0.1, -0.05) is 226 Å². The highest BCUT2D eigenvalue weighted by Gasteiger charge is 2.16. The second kappa shape index (κ2) is 40.7. The second-order valence-electron chi connectivity index (χ2n) is 16.0. The minimum absolute atomic E-state index is 0.0571. The minimum Gasteiger partial charge on any atom is -0.462 e. The Labute approximate surface area is 312 Å². The van der Waals surface area contributed by atoms with Crippen LogP contribution in [-0.2, 0) is 19.1 Å². The Hall–Kier alpha value is -1.10. The molecule has 0 saturated carbocycles. The topological polar surface area (TPSA) is 72.8 Å². The lowest BCUT2D eigenvalue weighted by molar-refractivity contribution is -0.161. The van der Waals surface area contributed by atoms with Gasteiger partial charge in [-0.25, -0.2) is 0 Å². The van der Waals surface area contributed by atoms with Crippen LogP contribution in [0.1, 0.15) is 252 Å². The van der Waals surface area contributed by atoms with Crippen LogP contribution in [0, 0.1) is 5.92 Å². The molecule has 0 aliphatic heterocycles. The predicted octanol–water partition coefficient (Wildman–Crippen LogP) is 14.2. The molecular formula is C45H88O5. The lowest BCUT2D eigenvalue weighted by atomic mass is 10.0. The van der Waals surface area contributed by atoms with Crippen molar-refractivity contribution < 1.29 is 24.2 Å². The molecule has 0 spiro atoms. The maximum atomic E-state index is 12.2. The van der Waals surface area contributed by atoms with Gasteiger partial charge in [0.15, 0.2) is 6.10 Å². The number of hydrogen-bond donors (Lipinski definition) is 1. The van der Waals surface area contributed by atoms with E-state index in [0.717, 1.165) is 38.0 Å². The molecule has 1 atom stereocenters. The molecule has 5 heteroatoms. The van der Waals surface area contributed by atoms with Crippen LogP contribution in [0.5, 0.6) is 0 Å². The van der Waals surface area contributed by atoms with E-state index >= 15 is 0 Å². The summed E-state index contributed by atoms with van der Waals surface area (Å²) in [5.41, 5.74) is 0. The van der Waals surface area contributed by atoms with Crippen LogP contribution >= 0.6 is 0 Å². The number of aliphatic hydroxyl groups excluding tert-OH is 1. The van der Waals surface area contributed by atoms with Gasteiger partial charge in [-0.05, 0) is 18.8 Å². The van der Waals surface area contributed by atoms with E-state index in [-0.39, 0.29) is 25.2 Å². The molecule has 0 unspecified atom stereocenters.